The van der Waals surface area contributed by atoms with E-state index in [9.17, 15) is 34.8 Å². The zero-order chi connectivity index (χ0) is 29.3. The largest absolute Gasteiger partial charge is 0.510 e. The maximum Gasteiger partial charge on any atom is 0.255 e. The smallest absolute Gasteiger partial charge is 0.255 e. The van der Waals surface area contributed by atoms with Gasteiger partial charge in [0.2, 0.25) is 5.78 Å². The first-order valence-electron chi connectivity index (χ1n) is 13.7. The summed E-state index contributed by atoms with van der Waals surface area (Å²) in [6.07, 6.45) is 4.48. The molecule has 216 valence electrons. The SMILES string of the molecule is CN(Cc1cc(O)c2c(c1F)C[C@H]1C[C@H]3[C@H](N(C)C)C(O)=C(C(N)=O)C(=O)[C@@]3(O)C(O)=C1C2=O)CC1CCCC1. The van der Waals surface area contributed by atoms with E-state index < -0.39 is 69.6 Å². The Labute approximate surface area is 231 Å². The van der Waals surface area contributed by atoms with Crippen molar-refractivity contribution in [3.8, 4) is 5.75 Å². The fourth-order valence-corrected chi connectivity index (χ4v) is 7.46. The van der Waals surface area contributed by atoms with Gasteiger partial charge in [0.25, 0.3) is 5.91 Å². The van der Waals surface area contributed by atoms with Crippen molar-refractivity contribution < 1.29 is 39.2 Å². The molecule has 0 unspecified atom stereocenters. The van der Waals surface area contributed by atoms with Crippen molar-refractivity contribution in [1.82, 2.24) is 9.80 Å². The summed E-state index contributed by atoms with van der Waals surface area (Å²) in [5.74, 6) is -7.59. The highest BCUT2D eigenvalue weighted by Gasteiger charge is 2.63. The molecular weight excluding hydrogens is 521 g/mol. The van der Waals surface area contributed by atoms with Crippen molar-refractivity contribution in [3.05, 3.63) is 51.2 Å². The van der Waals surface area contributed by atoms with Crippen molar-refractivity contribution in [2.24, 2.45) is 23.5 Å². The van der Waals surface area contributed by atoms with Gasteiger partial charge in [0, 0.05) is 35.7 Å². The predicted octanol–water partition coefficient (Wildman–Crippen LogP) is 1.88. The number of phenols is 1. The van der Waals surface area contributed by atoms with Crippen LogP contribution in [0, 0.1) is 23.6 Å². The summed E-state index contributed by atoms with van der Waals surface area (Å²) < 4.78 is 15.9. The van der Waals surface area contributed by atoms with Crippen LogP contribution in [0.2, 0.25) is 0 Å². The maximum absolute atomic E-state index is 15.9. The summed E-state index contributed by atoms with van der Waals surface area (Å²) in [5.41, 5.74) is 1.39. The number of phenolic OH excluding ortho intramolecular Hbond substituents is 1. The lowest BCUT2D eigenvalue weighted by Crippen LogP contribution is -2.63. The van der Waals surface area contributed by atoms with Gasteiger partial charge in [0.15, 0.2) is 11.4 Å². The highest BCUT2D eigenvalue weighted by molar-refractivity contribution is 6.24. The number of Topliss-reactive ketones (excluding diaryl/α,β-unsaturated/α-hetero) is 2. The number of halogens is 1. The lowest BCUT2D eigenvalue weighted by Gasteiger charge is -2.50. The highest BCUT2D eigenvalue weighted by atomic mass is 19.1. The quantitative estimate of drug-likeness (QED) is 0.329. The topological polar surface area (TPSA) is 165 Å². The van der Waals surface area contributed by atoms with Gasteiger partial charge in [-0.05, 0) is 64.7 Å². The van der Waals surface area contributed by atoms with Crippen LogP contribution in [0.3, 0.4) is 0 Å². The number of likely N-dealkylation sites (N-methyl/N-ethyl adjacent to an activating group) is 1. The maximum atomic E-state index is 15.9. The van der Waals surface area contributed by atoms with Crippen LogP contribution in [0.1, 0.15) is 53.6 Å². The first-order chi connectivity index (χ1) is 18.8. The molecule has 40 heavy (non-hydrogen) atoms. The third-order valence-electron chi connectivity index (χ3n) is 9.22. The number of aromatic hydroxyl groups is 1. The number of amides is 1. The third kappa shape index (κ3) is 4.13. The number of rotatable bonds is 6. The molecule has 0 aliphatic heterocycles. The molecule has 0 radical (unpaired) electrons. The molecule has 0 heterocycles. The number of fused-ring (bicyclic) bond motifs is 3. The molecule has 0 bridgehead atoms. The number of hydrogen-bond acceptors (Lipinski definition) is 9. The first kappa shape index (κ1) is 28.3. The molecule has 4 atom stereocenters. The Kier molecular flexibility index (Phi) is 7.04. The number of ketones is 2. The molecule has 5 rings (SSSR count). The summed E-state index contributed by atoms with van der Waals surface area (Å²) in [4.78, 5) is 42.6. The number of hydrogen-bond donors (Lipinski definition) is 5. The zero-order valence-corrected chi connectivity index (χ0v) is 22.9. The van der Waals surface area contributed by atoms with Crippen LogP contribution in [0.15, 0.2) is 28.7 Å². The average Bonchev–Trinajstić information content (AvgIpc) is 3.36. The number of primary amides is 1. The van der Waals surface area contributed by atoms with Crippen LogP contribution in [0.25, 0.3) is 0 Å². The van der Waals surface area contributed by atoms with Crippen molar-refractivity contribution >= 4 is 17.5 Å². The molecule has 4 aliphatic rings. The lowest BCUT2D eigenvalue weighted by molar-refractivity contribution is -0.148. The van der Waals surface area contributed by atoms with E-state index in [0.29, 0.717) is 5.92 Å². The van der Waals surface area contributed by atoms with Crippen LogP contribution >= 0.6 is 0 Å². The second-order valence-electron chi connectivity index (χ2n) is 12.0. The van der Waals surface area contributed by atoms with Gasteiger partial charge in [-0.2, -0.15) is 0 Å². The van der Waals surface area contributed by atoms with E-state index >= 15 is 4.39 Å². The molecule has 0 saturated heterocycles. The van der Waals surface area contributed by atoms with Gasteiger partial charge in [0.05, 0.1) is 11.6 Å². The van der Waals surface area contributed by atoms with Gasteiger partial charge in [-0.3, -0.25) is 19.3 Å². The Morgan fingerprint density at radius 3 is 2.40 bits per heavy atom. The monoisotopic (exact) mass is 557 g/mol. The van der Waals surface area contributed by atoms with E-state index in [4.69, 9.17) is 5.73 Å². The van der Waals surface area contributed by atoms with Crippen molar-refractivity contribution in [2.45, 2.75) is 56.7 Å². The molecule has 0 spiro atoms. The van der Waals surface area contributed by atoms with Gasteiger partial charge in [-0.15, -0.1) is 0 Å². The van der Waals surface area contributed by atoms with E-state index in [1.54, 1.807) is 14.1 Å². The second kappa shape index (κ2) is 9.97. The third-order valence-corrected chi connectivity index (χ3v) is 9.22. The summed E-state index contributed by atoms with van der Waals surface area (Å²) in [7, 11) is 5.00. The van der Waals surface area contributed by atoms with Crippen molar-refractivity contribution in [3.63, 3.8) is 0 Å². The molecule has 6 N–H and O–H groups in total. The van der Waals surface area contributed by atoms with Crippen LogP contribution in [0.4, 0.5) is 4.39 Å². The number of carbonyl (C=O) groups excluding carboxylic acids is 3. The van der Waals surface area contributed by atoms with Gasteiger partial charge < -0.3 is 31.1 Å². The normalized spacial score (nSPS) is 28.8. The molecule has 1 saturated carbocycles. The Hall–Kier alpha value is -3.28. The molecule has 10 nitrogen and oxygen atoms in total. The second-order valence-corrected chi connectivity index (χ2v) is 12.0. The van der Waals surface area contributed by atoms with Gasteiger partial charge >= 0.3 is 0 Å². The van der Waals surface area contributed by atoms with E-state index in [2.05, 4.69) is 0 Å². The molecule has 1 aromatic rings. The van der Waals surface area contributed by atoms with Crippen LogP contribution in [-0.4, -0.2) is 87.0 Å². The van der Waals surface area contributed by atoms with Crippen molar-refractivity contribution in [2.75, 3.05) is 27.7 Å². The summed E-state index contributed by atoms with van der Waals surface area (Å²) in [6, 6.07) is 0.120. The number of benzene rings is 1. The first-order valence-corrected chi connectivity index (χ1v) is 13.7. The van der Waals surface area contributed by atoms with E-state index in [1.807, 2.05) is 11.9 Å². The summed E-state index contributed by atoms with van der Waals surface area (Å²) >= 11 is 0. The molecule has 0 aromatic heterocycles. The summed E-state index contributed by atoms with van der Waals surface area (Å²) in [5, 5.41) is 44.7. The van der Waals surface area contributed by atoms with Crippen LogP contribution in [-0.2, 0) is 22.6 Å². The van der Waals surface area contributed by atoms with E-state index in [0.717, 1.165) is 19.4 Å². The number of allylic oxidation sites excluding steroid dienone is 1. The van der Waals surface area contributed by atoms with Gasteiger partial charge in [0.1, 0.15) is 28.7 Å². The van der Waals surface area contributed by atoms with E-state index in [1.165, 1.54) is 23.8 Å². The minimum absolute atomic E-state index is 0.0161. The van der Waals surface area contributed by atoms with Gasteiger partial charge in [-0.25, -0.2) is 4.39 Å². The number of nitrogens with two attached hydrogens (primary N) is 1. The Morgan fingerprint density at radius 1 is 1.15 bits per heavy atom. The number of carbonyl (C=O) groups is 3. The molecular formula is C29H36FN3O7. The van der Waals surface area contributed by atoms with Crippen LogP contribution < -0.4 is 5.73 Å². The molecule has 11 heteroatoms. The molecule has 1 aromatic carbocycles. The molecule has 1 fully saturated rings. The zero-order valence-electron chi connectivity index (χ0n) is 22.9. The number of aliphatic hydroxyl groups excluding tert-OH is 2. The standard InChI is InChI=1S/C29H36FN3O7/c1-32(2)23-17-9-14-8-16-20(18(34)10-15(22(16)30)12-33(3)11-13-6-4-5-7-13)24(35)19(14)26(37)29(17,40)27(38)21(25(23)36)28(31)39/h10,13-14,17,23,34,36-37,40H,4-9,11-12H2,1-3H3,(H2,31,39)/t14-,17-,23-,29-/m0/s1. The Balaban J connectivity index is 1.56. The highest BCUT2D eigenvalue weighted by Crippen LogP contribution is 2.52. The van der Waals surface area contributed by atoms with Crippen LogP contribution in [0.5, 0.6) is 5.75 Å². The lowest BCUT2D eigenvalue weighted by atomic mass is 9.58. The van der Waals surface area contributed by atoms with Crippen molar-refractivity contribution in [1.29, 1.82) is 0 Å². The molecule has 1 amide bonds. The average molecular weight is 558 g/mol. The Morgan fingerprint density at radius 2 is 1.80 bits per heavy atom. The van der Waals surface area contributed by atoms with Gasteiger partial charge in [-0.1, -0.05) is 12.8 Å². The fourth-order valence-electron chi connectivity index (χ4n) is 7.46. The minimum atomic E-state index is -2.72. The summed E-state index contributed by atoms with van der Waals surface area (Å²) in [6.45, 7) is 1.04. The fraction of sp³-hybridized carbons (Fsp3) is 0.552. The molecule has 4 aliphatic carbocycles. The number of aliphatic hydroxyl groups is 3. The predicted molar refractivity (Wildman–Crippen MR) is 142 cm³/mol. The van der Waals surface area contributed by atoms with E-state index in [-0.39, 0.29) is 41.6 Å². The number of nitrogens with zero attached hydrogens (tertiary/aromatic N) is 2. The Bertz CT molecular complexity index is 1360. The minimum Gasteiger partial charge on any atom is -0.510 e.